The Labute approximate surface area is 169 Å². The molecule has 0 spiro atoms. The minimum atomic E-state index is -0.333. The molecular weight excluding hydrogens is 362 g/mol. The summed E-state index contributed by atoms with van der Waals surface area (Å²) in [5.74, 6) is 1.33. The SMILES string of the molecule is Cc1ccc(C(C)(C)CO)cc1-c1nnc2c(C)nc3ccc(C4CC4)nc3n12. The molecule has 0 aliphatic heterocycles. The zero-order valence-corrected chi connectivity index (χ0v) is 17.3. The molecule has 6 nitrogen and oxygen atoms in total. The molecule has 3 aromatic heterocycles. The van der Waals surface area contributed by atoms with Gasteiger partial charge in [-0.05, 0) is 56.0 Å². The van der Waals surface area contributed by atoms with E-state index in [9.17, 15) is 5.11 Å². The first-order chi connectivity index (χ1) is 13.9. The first-order valence-electron chi connectivity index (χ1n) is 10.1. The van der Waals surface area contributed by atoms with E-state index >= 15 is 0 Å². The average molecular weight is 387 g/mol. The molecule has 5 rings (SSSR count). The first-order valence-corrected chi connectivity index (χ1v) is 10.1. The van der Waals surface area contributed by atoms with Gasteiger partial charge in [-0.15, -0.1) is 10.2 Å². The number of hydrogen-bond acceptors (Lipinski definition) is 5. The maximum Gasteiger partial charge on any atom is 0.184 e. The summed E-state index contributed by atoms with van der Waals surface area (Å²) >= 11 is 0. The highest BCUT2D eigenvalue weighted by Crippen LogP contribution is 2.39. The Hall–Kier alpha value is -2.86. The fourth-order valence-corrected chi connectivity index (χ4v) is 3.81. The van der Waals surface area contributed by atoms with Crippen molar-refractivity contribution in [2.75, 3.05) is 6.61 Å². The fourth-order valence-electron chi connectivity index (χ4n) is 3.81. The molecule has 0 unspecified atom stereocenters. The molecule has 0 atom stereocenters. The van der Waals surface area contributed by atoms with Crippen LogP contribution in [0.4, 0.5) is 0 Å². The quantitative estimate of drug-likeness (QED) is 0.570. The van der Waals surface area contributed by atoms with E-state index in [0.29, 0.717) is 5.92 Å². The zero-order valence-electron chi connectivity index (χ0n) is 17.3. The second-order valence-corrected chi connectivity index (χ2v) is 8.80. The van der Waals surface area contributed by atoms with Gasteiger partial charge in [-0.25, -0.2) is 9.97 Å². The van der Waals surface area contributed by atoms with Crippen LogP contribution in [0.25, 0.3) is 28.2 Å². The smallest absolute Gasteiger partial charge is 0.184 e. The van der Waals surface area contributed by atoms with Crippen molar-refractivity contribution in [3.63, 3.8) is 0 Å². The van der Waals surface area contributed by atoms with E-state index in [1.54, 1.807) is 0 Å². The average Bonchev–Trinajstić information content (AvgIpc) is 3.46. The Balaban J connectivity index is 1.81. The Kier molecular flexibility index (Phi) is 3.96. The number of nitrogens with zero attached hydrogens (tertiary/aromatic N) is 5. The van der Waals surface area contributed by atoms with Gasteiger partial charge >= 0.3 is 0 Å². The molecule has 1 aliphatic carbocycles. The molecule has 1 aromatic carbocycles. The van der Waals surface area contributed by atoms with Crippen molar-refractivity contribution in [1.82, 2.24) is 24.6 Å². The minimum Gasteiger partial charge on any atom is -0.395 e. The van der Waals surface area contributed by atoms with Crippen LogP contribution in [0, 0.1) is 13.8 Å². The van der Waals surface area contributed by atoms with Gasteiger partial charge in [0, 0.05) is 22.6 Å². The summed E-state index contributed by atoms with van der Waals surface area (Å²) < 4.78 is 2.04. The lowest BCUT2D eigenvalue weighted by Crippen LogP contribution is -2.22. The summed E-state index contributed by atoms with van der Waals surface area (Å²) in [5, 5.41) is 18.8. The van der Waals surface area contributed by atoms with Crippen molar-refractivity contribution < 1.29 is 5.11 Å². The predicted molar refractivity (Wildman–Crippen MR) is 113 cm³/mol. The Bertz CT molecular complexity index is 1250. The van der Waals surface area contributed by atoms with E-state index in [-0.39, 0.29) is 12.0 Å². The van der Waals surface area contributed by atoms with Gasteiger partial charge in [0.05, 0.1) is 12.3 Å². The second-order valence-electron chi connectivity index (χ2n) is 8.80. The van der Waals surface area contributed by atoms with Crippen LogP contribution in [0.3, 0.4) is 0 Å². The first kappa shape index (κ1) is 18.2. The summed E-state index contributed by atoms with van der Waals surface area (Å²) in [5.41, 5.74) is 7.20. The Morgan fingerprint density at radius 2 is 1.83 bits per heavy atom. The van der Waals surface area contributed by atoms with Crippen molar-refractivity contribution in [3.8, 4) is 11.4 Å². The van der Waals surface area contributed by atoms with E-state index in [0.717, 1.165) is 50.7 Å². The van der Waals surface area contributed by atoms with E-state index in [2.05, 4.69) is 47.5 Å². The molecule has 148 valence electrons. The van der Waals surface area contributed by atoms with E-state index < -0.39 is 0 Å². The number of aliphatic hydroxyl groups excluding tert-OH is 1. The maximum atomic E-state index is 9.82. The Morgan fingerprint density at radius 1 is 1.03 bits per heavy atom. The van der Waals surface area contributed by atoms with Crippen LogP contribution in [-0.2, 0) is 5.41 Å². The fraction of sp³-hybridized carbons (Fsp3) is 0.391. The van der Waals surface area contributed by atoms with Gasteiger partial charge in [0.15, 0.2) is 17.1 Å². The van der Waals surface area contributed by atoms with Gasteiger partial charge < -0.3 is 5.11 Å². The molecule has 0 bridgehead atoms. The number of fused-ring (bicyclic) bond motifs is 3. The van der Waals surface area contributed by atoms with Crippen molar-refractivity contribution in [1.29, 1.82) is 0 Å². The highest BCUT2D eigenvalue weighted by molar-refractivity contribution is 5.79. The van der Waals surface area contributed by atoms with E-state index in [1.165, 1.54) is 12.8 Å². The summed E-state index contributed by atoms with van der Waals surface area (Å²) in [6.07, 6.45) is 2.40. The van der Waals surface area contributed by atoms with Gasteiger partial charge in [0.2, 0.25) is 0 Å². The molecule has 0 saturated heterocycles. The molecule has 0 radical (unpaired) electrons. The Morgan fingerprint density at radius 3 is 2.55 bits per heavy atom. The van der Waals surface area contributed by atoms with Crippen molar-refractivity contribution in [3.05, 3.63) is 52.8 Å². The van der Waals surface area contributed by atoms with Gasteiger partial charge in [0.25, 0.3) is 0 Å². The second kappa shape index (κ2) is 6.32. The third kappa shape index (κ3) is 2.90. The summed E-state index contributed by atoms with van der Waals surface area (Å²) in [4.78, 5) is 9.67. The third-order valence-corrected chi connectivity index (χ3v) is 6.01. The maximum absolute atomic E-state index is 9.82. The van der Waals surface area contributed by atoms with Crippen LogP contribution >= 0.6 is 0 Å². The van der Waals surface area contributed by atoms with E-state index in [1.807, 2.05) is 25.2 Å². The highest BCUT2D eigenvalue weighted by atomic mass is 16.3. The van der Waals surface area contributed by atoms with Crippen LogP contribution < -0.4 is 0 Å². The number of aryl methyl sites for hydroxylation is 2. The molecular formula is C23H25N5O. The lowest BCUT2D eigenvalue weighted by Gasteiger charge is -2.23. The predicted octanol–water partition coefficient (Wildman–Crippen LogP) is 4.10. The van der Waals surface area contributed by atoms with Crippen LogP contribution in [0.5, 0.6) is 0 Å². The number of rotatable bonds is 4. The third-order valence-electron chi connectivity index (χ3n) is 6.01. The topological polar surface area (TPSA) is 76.2 Å². The summed E-state index contributed by atoms with van der Waals surface area (Å²) in [7, 11) is 0. The molecule has 1 fully saturated rings. The molecule has 6 heteroatoms. The normalized spacial score (nSPS) is 14.8. The molecule has 1 aliphatic rings. The van der Waals surface area contributed by atoms with Crippen molar-refractivity contribution in [2.24, 2.45) is 0 Å². The van der Waals surface area contributed by atoms with Gasteiger partial charge in [0.1, 0.15) is 5.52 Å². The van der Waals surface area contributed by atoms with Gasteiger partial charge in [-0.3, -0.25) is 4.40 Å². The largest absolute Gasteiger partial charge is 0.395 e. The molecule has 0 amide bonds. The number of aromatic nitrogens is 5. The minimum absolute atomic E-state index is 0.0777. The monoisotopic (exact) mass is 387 g/mol. The van der Waals surface area contributed by atoms with Crippen LogP contribution in [0.15, 0.2) is 30.3 Å². The standard InChI is InChI=1S/C23H25N5O/c1-13-5-8-16(23(3,4)12-29)11-17(13)21-27-26-20-14(2)24-19-10-9-18(15-6-7-15)25-22(19)28(20)21/h5,8-11,15,29H,6-7,12H2,1-4H3. The summed E-state index contributed by atoms with van der Waals surface area (Å²) in [6, 6.07) is 10.4. The van der Waals surface area contributed by atoms with Crippen molar-refractivity contribution in [2.45, 2.75) is 51.9 Å². The molecule has 1 saturated carbocycles. The highest BCUT2D eigenvalue weighted by Gasteiger charge is 2.26. The number of hydrogen-bond donors (Lipinski definition) is 1. The lowest BCUT2D eigenvalue weighted by atomic mass is 9.84. The van der Waals surface area contributed by atoms with Crippen LogP contribution in [0.1, 0.15) is 55.1 Å². The van der Waals surface area contributed by atoms with Crippen LogP contribution in [0.2, 0.25) is 0 Å². The van der Waals surface area contributed by atoms with Crippen LogP contribution in [-0.4, -0.2) is 36.3 Å². The molecule has 29 heavy (non-hydrogen) atoms. The zero-order chi connectivity index (χ0) is 20.3. The van der Waals surface area contributed by atoms with E-state index in [4.69, 9.17) is 9.97 Å². The van der Waals surface area contributed by atoms with Gasteiger partial charge in [-0.1, -0.05) is 26.0 Å². The summed E-state index contributed by atoms with van der Waals surface area (Å²) in [6.45, 7) is 8.19. The molecule has 1 N–H and O–H groups in total. The molecule has 4 aromatic rings. The lowest BCUT2D eigenvalue weighted by molar-refractivity contribution is 0.218. The molecule has 3 heterocycles. The van der Waals surface area contributed by atoms with Crippen molar-refractivity contribution >= 4 is 16.8 Å². The van der Waals surface area contributed by atoms with Gasteiger partial charge in [-0.2, -0.15) is 0 Å². The number of aliphatic hydroxyl groups is 1. The number of benzene rings is 1. The number of pyridine rings is 1.